The van der Waals surface area contributed by atoms with Crippen LogP contribution in [0.15, 0.2) is 67.0 Å². The molecule has 0 atom stereocenters. The van der Waals surface area contributed by atoms with Crippen LogP contribution in [-0.4, -0.2) is 66.1 Å². The number of alkyl halides is 3. The van der Waals surface area contributed by atoms with Crippen LogP contribution in [-0.2, 0) is 10.9 Å². The average molecular weight is 686 g/mol. The fourth-order valence-electron chi connectivity index (χ4n) is 5.86. The van der Waals surface area contributed by atoms with Crippen molar-refractivity contribution < 1.29 is 27.5 Å². The summed E-state index contributed by atoms with van der Waals surface area (Å²) in [5.41, 5.74) is 2.40. The number of hydrogen-bond acceptors (Lipinski definition) is 7. The van der Waals surface area contributed by atoms with Gasteiger partial charge in [0.15, 0.2) is 5.65 Å². The number of fused-ring (bicyclic) bond motifs is 1. The van der Waals surface area contributed by atoms with Crippen molar-refractivity contribution in [1.29, 1.82) is 5.26 Å². The van der Waals surface area contributed by atoms with Crippen LogP contribution in [0.25, 0.3) is 33.7 Å². The highest BCUT2D eigenvalue weighted by Crippen LogP contribution is 2.38. The molecule has 0 bridgehead atoms. The summed E-state index contributed by atoms with van der Waals surface area (Å²) in [4.78, 5) is 31.6. The number of pyridine rings is 1. The van der Waals surface area contributed by atoms with Crippen molar-refractivity contribution in [3.63, 3.8) is 0 Å². The predicted octanol–water partition coefficient (Wildman–Crippen LogP) is 6.97. The van der Waals surface area contributed by atoms with E-state index in [2.05, 4.69) is 31.9 Å². The van der Waals surface area contributed by atoms with E-state index >= 15 is 0 Å². The Morgan fingerprint density at radius 1 is 1.04 bits per heavy atom. The van der Waals surface area contributed by atoms with Gasteiger partial charge in [-0.3, -0.25) is 5.32 Å². The molecule has 0 aliphatic carbocycles. The fourth-order valence-corrected chi connectivity index (χ4v) is 5.86. The number of nitriles is 1. The van der Waals surface area contributed by atoms with Crippen LogP contribution in [0, 0.1) is 18.3 Å². The molecule has 15 heteroatoms. The van der Waals surface area contributed by atoms with E-state index in [4.69, 9.17) is 4.74 Å². The molecule has 50 heavy (non-hydrogen) atoms. The molecule has 0 unspecified atom stereocenters. The lowest BCUT2D eigenvalue weighted by Crippen LogP contribution is -2.48. The van der Waals surface area contributed by atoms with Gasteiger partial charge < -0.3 is 15.0 Å². The van der Waals surface area contributed by atoms with Gasteiger partial charge in [-0.05, 0) is 94.1 Å². The molecular formula is C35H34F3N9O3. The molecule has 5 aromatic rings. The third-order valence-corrected chi connectivity index (χ3v) is 8.23. The number of halogens is 3. The molecule has 0 radical (unpaired) electrons. The number of piperidine rings is 1. The maximum Gasteiger partial charge on any atom is 0.416 e. The summed E-state index contributed by atoms with van der Waals surface area (Å²) < 4.78 is 50.0. The molecule has 3 amide bonds. The highest BCUT2D eigenvalue weighted by molar-refractivity contribution is 5.90. The molecule has 2 N–H and O–H groups in total. The van der Waals surface area contributed by atoms with E-state index in [-0.39, 0.29) is 23.2 Å². The van der Waals surface area contributed by atoms with Crippen LogP contribution in [0.4, 0.5) is 28.7 Å². The fraction of sp³-hybridized carbons (Fsp3) is 0.314. The van der Waals surface area contributed by atoms with E-state index in [9.17, 15) is 28.0 Å². The van der Waals surface area contributed by atoms with E-state index in [0.717, 1.165) is 12.1 Å². The van der Waals surface area contributed by atoms with Gasteiger partial charge in [-0.25, -0.2) is 18.8 Å². The standard InChI is InChI=1S/C35H34F3N9O3/c1-21-27(28-12-15-40-47(28)26-10-8-22(19-39)9-11-26)20-46-30(29(21)23-6-5-7-24(18-23)35(36,37)38)42-31(44-46)43-32(48)41-25-13-16-45(17-14-25)33(49)50-34(2,3)4/h5-12,15,18,20,25H,13-14,16-17H2,1-4H3,(H2,41,43,44,48). The Hall–Kier alpha value is -5.91. The van der Waals surface area contributed by atoms with Crippen molar-refractivity contribution in [2.24, 2.45) is 0 Å². The Kier molecular flexibility index (Phi) is 8.96. The zero-order chi connectivity index (χ0) is 35.8. The van der Waals surface area contributed by atoms with Crippen LogP contribution in [0.2, 0.25) is 0 Å². The molecular weight excluding hydrogens is 651 g/mol. The number of likely N-dealkylation sites (tertiary alicyclic amines) is 1. The summed E-state index contributed by atoms with van der Waals surface area (Å²) in [7, 11) is 0. The van der Waals surface area contributed by atoms with Gasteiger partial charge in [-0.15, -0.1) is 5.10 Å². The second-order valence-electron chi connectivity index (χ2n) is 13.0. The number of ether oxygens (including phenoxy) is 1. The van der Waals surface area contributed by atoms with Crippen molar-refractivity contribution in [1.82, 2.24) is 34.6 Å². The minimum absolute atomic E-state index is 0.0564. The molecule has 1 aliphatic rings. The van der Waals surface area contributed by atoms with E-state index in [1.807, 2.05) is 0 Å². The van der Waals surface area contributed by atoms with E-state index in [1.165, 1.54) is 10.6 Å². The first-order valence-electron chi connectivity index (χ1n) is 15.9. The number of carbonyl (C=O) groups excluding carboxylic acids is 2. The summed E-state index contributed by atoms with van der Waals surface area (Å²) in [6.45, 7) is 8.00. The lowest BCUT2D eigenvalue weighted by atomic mass is 9.95. The number of rotatable bonds is 5. The SMILES string of the molecule is Cc1c(-c2ccnn2-c2ccc(C#N)cc2)cn2nc(NC(=O)NC3CCN(C(=O)OC(C)(C)C)CC3)nc2c1-c1cccc(C(F)(F)F)c1. The molecule has 2 aromatic carbocycles. The summed E-state index contributed by atoms with van der Waals surface area (Å²) >= 11 is 0. The highest BCUT2D eigenvalue weighted by atomic mass is 19.4. The Balaban J connectivity index is 1.32. The number of anilines is 1. The van der Waals surface area contributed by atoms with Crippen molar-refractivity contribution in [2.75, 3.05) is 18.4 Å². The Bertz CT molecular complexity index is 2100. The number of nitrogens with one attached hydrogen (secondary N) is 2. The third kappa shape index (κ3) is 7.24. The maximum atomic E-state index is 13.8. The molecule has 1 aliphatic heterocycles. The monoisotopic (exact) mass is 685 g/mol. The Morgan fingerprint density at radius 2 is 1.76 bits per heavy atom. The Morgan fingerprint density at radius 3 is 2.42 bits per heavy atom. The summed E-state index contributed by atoms with van der Waals surface area (Å²) in [6.07, 6.45) is -0.673. The molecule has 3 aromatic heterocycles. The van der Waals surface area contributed by atoms with Gasteiger partial charge in [0.05, 0.1) is 34.8 Å². The largest absolute Gasteiger partial charge is 0.444 e. The van der Waals surface area contributed by atoms with Gasteiger partial charge in [-0.1, -0.05) is 12.1 Å². The lowest BCUT2D eigenvalue weighted by Gasteiger charge is -2.33. The number of aromatic nitrogens is 5. The second-order valence-corrected chi connectivity index (χ2v) is 13.0. The van der Waals surface area contributed by atoms with Gasteiger partial charge in [0, 0.05) is 36.5 Å². The number of urea groups is 1. The minimum Gasteiger partial charge on any atom is -0.444 e. The first-order chi connectivity index (χ1) is 23.7. The van der Waals surface area contributed by atoms with E-state index in [1.54, 1.807) is 86.1 Å². The maximum absolute atomic E-state index is 13.8. The first kappa shape index (κ1) is 34.0. The number of hydrogen-bond donors (Lipinski definition) is 2. The molecule has 1 fully saturated rings. The molecule has 12 nitrogen and oxygen atoms in total. The summed E-state index contributed by atoms with van der Waals surface area (Å²) in [5.74, 6) is -0.0564. The number of nitrogens with zero attached hydrogens (tertiary/aromatic N) is 7. The zero-order valence-corrected chi connectivity index (χ0v) is 27.7. The topological polar surface area (TPSA) is 142 Å². The number of amides is 3. The molecule has 6 rings (SSSR count). The molecule has 1 saturated heterocycles. The van der Waals surface area contributed by atoms with Crippen molar-refractivity contribution >= 4 is 23.7 Å². The van der Waals surface area contributed by atoms with E-state index < -0.39 is 29.5 Å². The zero-order valence-electron chi connectivity index (χ0n) is 27.7. The second kappa shape index (κ2) is 13.2. The van der Waals surface area contributed by atoms with Crippen molar-refractivity contribution in [3.05, 3.63) is 83.7 Å². The summed E-state index contributed by atoms with van der Waals surface area (Å²) in [6, 6.07) is 14.8. The van der Waals surface area contributed by atoms with E-state index in [0.29, 0.717) is 59.6 Å². The van der Waals surface area contributed by atoms with Gasteiger partial charge in [0.1, 0.15) is 5.60 Å². The Labute approximate surface area is 285 Å². The van der Waals surface area contributed by atoms with Crippen molar-refractivity contribution in [3.8, 4) is 34.1 Å². The number of benzene rings is 2. The van der Waals surface area contributed by atoms with Crippen molar-refractivity contribution in [2.45, 2.75) is 58.4 Å². The predicted molar refractivity (Wildman–Crippen MR) is 178 cm³/mol. The van der Waals surface area contributed by atoms with Crippen LogP contribution in [0.3, 0.4) is 0 Å². The molecule has 0 saturated carbocycles. The third-order valence-electron chi connectivity index (χ3n) is 8.23. The van der Waals surface area contributed by atoms with Crippen LogP contribution >= 0.6 is 0 Å². The van der Waals surface area contributed by atoms with Gasteiger partial charge in [-0.2, -0.15) is 28.5 Å². The summed E-state index contributed by atoms with van der Waals surface area (Å²) in [5, 5.41) is 23.7. The molecule has 0 spiro atoms. The first-order valence-corrected chi connectivity index (χ1v) is 15.9. The average Bonchev–Trinajstić information content (AvgIpc) is 3.70. The van der Waals surface area contributed by atoms with Gasteiger partial charge in [0.25, 0.3) is 5.95 Å². The lowest BCUT2D eigenvalue weighted by molar-refractivity contribution is -0.137. The smallest absolute Gasteiger partial charge is 0.416 e. The number of carbonyl (C=O) groups is 2. The minimum atomic E-state index is -4.58. The normalized spacial score (nSPS) is 14.0. The van der Waals surface area contributed by atoms with Crippen LogP contribution in [0.1, 0.15) is 50.3 Å². The van der Waals surface area contributed by atoms with Crippen LogP contribution in [0.5, 0.6) is 0 Å². The van der Waals surface area contributed by atoms with Crippen LogP contribution < -0.4 is 10.6 Å². The quantitative estimate of drug-likeness (QED) is 0.204. The van der Waals surface area contributed by atoms with Gasteiger partial charge in [0.2, 0.25) is 0 Å². The molecule has 258 valence electrons. The van der Waals surface area contributed by atoms with Gasteiger partial charge >= 0.3 is 18.3 Å². The molecule has 4 heterocycles. The highest BCUT2D eigenvalue weighted by Gasteiger charge is 2.32.